The predicted octanol–water partition coefficient (Wildman–Crippen LogP) is -0.257. The summed E-state index contributed by atoms with van der Waals surface area (Å²) in [4.78, 5) is 12.1. The van der Waals surface area contributed by atoms with Gasteiger partial charge in [-0.15, -0.1) is 0 Å². The second kappa shape index (κ2) is 2.23. The van der Waals surface area contributed by atoms with Crippen molar-refractivity contribution >= 4 is 6.09 Å². The zero-order valence-corrected chi connectivity index (χ0v) is 5.33. The SMILES string of the molecule is CN1CCC(N)OC1=O. The Morgan fingerprint density at radius 3 is 3.00 bits per heavy atom. The van der Waals surface area contributed by atoms with E-state index in [1.807, 2.05) is 0 Å². The first-order valence-electron chi connectivity index (χ1n) is 2.87. The molecule has 1 fully saturated rings. The molecule has 4 heteroatoms. The van der Waals surface area contributed by atoms with Gasteiger partial charge in [-0.3, -0.25) is 5.73 Å². The molecule has 0 aromatic rings. The molecule has 1 unspecified atom stereocenters. The summed E-state index contributed by atoms with van der Waals surface area (Å²) in [6, 6.07) is 0. The molecule has 1 amide bonds. The van der Waals surface area contributed by atoms with Crippen molar-refractivity contribution < 1.29 is 9.53 Å². The molecule has 0 radical (unpaired) electrons. The fraction of sp³-hybridized carbons (Fsp3) is 0.800. The predicted molar refractivity (Wildman–Crippen MR) is 31.7 cm³/mol. The normalized spacial score (nSPS) is 28.0. The van der Waals surface area contributed by atoms with E-state index in [0.29, 0.717) is 6.54 Å². The Labute approximate surface area is 53.6 Å². The number of ether oxygens (including phenoxy) is 1. The van der Waals surface area contributed by atoms with Crippen molar-refractivity contribution in [2.24, 2.45) is 5.73 Å². The van der Waals surface area contributed by atoms with Crippen LogP contribution in [0.5, 0.6) is 0 Å². The second-order valence-corrected chi connectivity index (χ2v) is 2.13. The number of nitrogens with two attached hydrogens (primary N) is 1. The third-order valence-electron chi connectivity index (χ3n) is 1.31. The lowest BCUT2D eigenvalue weighted by Gasteiger charge is -2.26. The lowest BCUT2D eigenvalue weighted by Crippen LogP contribution is -2.43. The molecular formula is C5H10N2O2. The van der Waals surface area contributed by atoms with Crippen molar-refractivity contribution in [2.45, 2.75) is 12.6 Å². The van der Waals surface area contributed by atoms with E-state index in [-0.39, 0.29) is 6.09 Å². The van der Waals surface area contributed by atoms with Crippen molar-refractivity contribution in [1.29, 1.82) is 0 Å². The van der Waals surface area contributed by atoms with Gasteiger partial charge in [-0.05, 0) is 0 Å². The number of carbonyl (C=O) groups excluding carboxylic acids is 1. The minimum absolute atomic E-state index is 0.325. The highest BCUT2D eigenvalue weighted by Crippen LogP contribution is 2.04. The van der Waals surface area contributed by atoms with E-state index in [1.54, 1.807) is 7.05 Å². The maximum atomic E-state index is 10.6. The lowest BCUT2D eigenvalue weighted by atomic mass is 10.3. The smallest absolute Gasteiger partial charge is 0.411 e. The van der Waals surface area contributed by atoms with Gasteiger partial charge < -0.3 is 9.64 Å². The van der Waals surface area contributed by atoms with E-state index in [0.717, 1.165) is 6.42 Å². The zero-order chi connectivity index (χ0) is 6.85. The number of amides is 1. The van der Waals surface area contributed by atoms with Crippen LogP contribution in [0, 0.1) is 0 Å². The molecule has 0 bridgehead atoms. The van der Waals surface area contributed by atoms with E-state index in [1.165, 1.54) is 4.90 Å². The standard InChI is InChI=1S/C5H10N2O2/c1-7-3-2-4(6)9-5(7)8/h4H,2-3,6H2,1H3. The van der Waals surface area contributed by atoms with Gasteiger partial charge in [-0.2, -0.15) is 0 Å². The molecule has 0 aromatic heterocycles. The lowest BCUT2D eigenvalue weighted by molar-refractivity contribution is 0.0363. The molecule has 52 valence electrons. The molecule has 1 saturated heterocycles. The first-order chi connectivity index (χ1) is 4.20. The highest BCUT2D eigenvalue weighted by Gasteiger charge is 2.20. The van der Waals surface area contributed by atoms with Crippen LogP contribution < -0.4 is 5.73 Å². The van der Waals surface area contributed by atoms with E-state index >= 15 is 0 Å². The molecule has 1 aliphatic heterocycles. The van der Waals surface area contributed by atoms with Crippen molar-refractivity contribution in [1.82, 2.24) is 4.90 Å². The number of hydrogen-bond acceptors (Lipinski definition) is 3. The number of cyclic esters (lactones) is 1. The van der Waals surface area contributed by atoms with Crippen molar-refractivity contribution in [2.75, 3.05) is 13.6 Å². The molecule has 1 heterocycles. The van der Waals surface area contributed by atoms with Crippen LogP contribution in [0.2, 0.25) is 0 Å². The molecular weight excluding hydrogens is 120 g/mol. The third-order valence-corrected chi connectivity index (χ3v) is 1.31. The Balaban J connectivity index is 2.44. The largest absolute Gasteiger partial charge is 0.430 e. The Morgan fingerprint density at radius 1 is 1.89 bits per heavy atom. The molecule has 1 aliphatic rings. The second-order valence-electron chi connectivity index (χ2n) is 2.13. The molecule has 4 nitrogen and oxygen atoms in total. The highest BCUT2D eigenvalue weighted by molar-refractivity contribution is 5.67. The zero-order valence-electron chi connectivity index (χ0n) is 5.33. The van der Waals surface area contributed by atoms with Gasteiger partial charge in [0, 0.05) is 20.0 Å². The van der Waals surface area contributed by atoms with Crippen molar-refractivity contribution in [3.05, 3.63) is 0 Å². The summed E-state index contributed by atoms with van der Waals surface area (Å²) in [5, 5.41) is 0. The van der Waals surface area contributed by atoms with Crippen molar-refractivity contribution in [3.63, 3.8) is 0 Å². The topological polar surface area (TPSA) is 55.6 Å². The van der Waals surface area contributed by atoms with Crippen LogP contribution in [-0.4, -0.2) is 30.8 Å². The first-order valence-corrected chi connectivity index (χ1v) is 2.87. The minimum Gasteiger partial charge on any atom is -0.430 e. The van der Waals surface area contributed by atoms with Gasteiger partial charge in [0.05, 0.1) is 0 Å². The van der Waals surface area contributed by atoms with Crippen LogP contribution in [-0.2, 0) is 4.74 Å². The first kappa shape index (κ1) is 6.35. The van der Waals surface area contributed by atoms with Crippen LogP contribution in [0.25, 0.3) is 0 Å². The summed E-state index contributed by atoms with van der Waals surface area (Å²) >= 11 is 0. The van der Waals surface area contributed by atoms with Gasteiger partial charge in [-0.1, -0.05) is 0 Å². The van der Waals surface area contributed by atoms with Crippen LogP contribution in [0.4, 0.5) is 4.79 Å². The Morgan fingerprint density at radius 2 is 2.56 bits per heavy atom. The van der Waals surface area contributed by atoms with E-state index in [9.17, 15) is 4.79 Å². The van der Waals surface area contributed by atoms with Gasteiger partial charge in [0.15, 0.2) is 6.23 Å². The highest BCUT2D eigenvalue weighted by atomic mass is 16.6. The minimum atomic E-state index is -0.395. The van der Waals surface area contributed by atoms with E-state index in [4.69, 9.17) is 5.73 Å². The van der Waals surface area contributed by atoms with Gasteiger partial charge in [0.25, 0.3) is 0 Å². The van der Waals surface area contributed by atoms with Gasteiger partial charge >= 0.3 is 6.09 Å². The van der Waals surface area contributed by atoms with Crippen molar-refractivity contribution in [3.8, 4) is 0 Å². The summed E-state index contributed by atoms with van der Waals surface area (Å²) in [5.74, 6) is 0. The molecule has 1 atom stereocenters. The summed E-state index contributed by atoms with van der Waals surface area (Å²) in [6.07, 6.45) is 0.00449. The summed E-state index contributed by atoms with van der Waals surface area (Å²) in [5.41, 5.74) is 5.32. The molecule has 9 heavy (non-hydrogen) atoms. The van der Waals surface area contributed by atoms with E-state index in [2.05, 4.69) is 4.74 Å². The molecule has 0 aromatic carbocycles. The maximum absolute atomic E-state index is 10.6. The van der Waals surface area contributed by atoms with Gasteiger partial charge in [0.1, 0.15) is 0 Å². The van der Waals surface area contributed by atoms with Crippen LogP contribution in [0.3, 0.4) is 0 Å². The summed E-state index contributed by atoms with van der Waals surface area (Å²) < 4.78 is 4.66. The van der Waals surface area contributed by atoms with E-state index < -0.39 is 6.23 Å². The quantitative estimate of drug-likeness (QED) is 0.491. The summed E-state index contributed by atoms with van der Waals surface area (Å²) in [6.45, 7) is 0.694. The Bertz CT molecular complexity index is 126. The molecule has 0 spiro atoms. The average molecular weight is 130 g/mol. The average Bonchev–Trinajstić information content (AvgIpc) is 1.80. The summed E-state index contributed by atoms with van der Waals surface area (Å²) in [7, 11) is 1.69. The van der Waals surface area contributed by atoms with Gasteiger partial charge in [0.2, 0.25) is 0 Å². The number of rotatable bonds is 0. The fourth-order valence-electron chi connectivity index (χ4n) is 0.691. The Hall–Kier alpha value is -0.770. The number of carbonyl (C=O) groups is 1. The molecule has 0 saturated carbocycles. The molecule has 1 rings (SSSR count). The van der Waals surface area contributed by atoms with Crippen LogP contribution in [0.15, 0.2) is 0 Å². The number of nitrogens with zero attached hydrogens (tertiary/aromatic N) is 1. The van der Waals surface area contributed by atoms with Crippen LogP contribution >= 0.6 is 0 Å². The van der Waals surface area contributed by atoms with Gasteiger partial charge in [-0.25, -0.2) is 4.79 Å². The fourth-order valence-corrected chi connectivity index (χ4v) is 0.691. The molecule has 0 aliphatic carbocycles. The molecule has 2 N–H and O–H groups in total. The Kier molecular flexibility index (Phi) is 1.57. The van der Waals surface area contributed by atoms with Crippen LogP contribution in [0.1, 0.15) is 6.42 Å². The number of hydrogen-bond donors (Lipinski definition) is 1. The maximum Gasteiger partial charge on any atom is 0.411 e. The third kappa shape index (κ3) is 1.32. The monoisotopic (exact) mass is 130 g/mol.